The van der Waals surface area contributed by atoms with Gasteiger partial charge in [-0.05, 0) is 68.1 Å². The summed E-state index contributed by atoms with van der Waals surface area (Å²) in [4.78, 5) is 16.7. The molecule has 1 N–H and O–H groups in total. The number of carbonyl (C=O) groups is 1. The number of anilines is 2. The molecule has 4 rings (SSSR count). The van der Waals surface area contributed by atoms with E-state index in [9.17, 15) is 13.2 Å². The summed E-state index contributed by atoms with van der Waals surface area (Å²) in [6.45, 7) is 8.89. The smallest absolute Gasteiger partial charge is 0.321 e. The molecule has 0 bridgehead atoms. The fourth-order valence-corrected chi connectivity index (χ4v) is 6.12. The highest BCUT2D eigenvalue weighted by Gasteiger charge is 2.34. The van der Waals surface area contributed by atoms with Crippen LogP contribution in [0.5, 0.6) is 0 Å². The molecule has 0 saturated carbocycles. The Morgan fingerprint density at radius 3 is 2.66 bits per heavy atom. The van der Waals surface area contributed by atoms with Gasteiger partial charge < -0.3 is 10.2 Å². The minimum atomic E-state index is -3.59. The van der Waals surface area contributed by atoms with E-state index in [0.717, 1.165) is 23.4 Å². The number of rotatable bonds is 5. The van der Waals surface area contributed by atoms with Crippen LogP contribution in [0.2, 0.25) is 0 Å². The van der Waals surface area contributed by atoms with Gasteiger partial charge in [0.25, 0.3) is 0 Å². The first-order valence-corrected chi connectivity index (χ1v) is 12.8. The molecule has 1 fully saturated rings. The zero-order valence-corrected chi connectivity index (χ0v) is 19.9. The van der Waals surface area contributed by atoms with Crippen molar-refractivity contribution in [3.63, 3.8) is 0 Å². The maximum absolute atomic E-state index is 13.4. The second kappa shape index (κ2) is 9.11. The molecule has 0 aliphatic carbocycles. The third-order valence-electron chi connectivity index (χ3n) is 6.28. The lowest BCUT2D eigenvalue weighted by atomic mass is 10.1. The Morgan fingerprint density at radius 1 is 1.12 bits per heavy atom. The SMILES string of the molecule is CCCNC(=O)N1CCc2cc(S(=O)(=O)N3CCN(c4cccc(C)c4)[C@H](C)C3)ccc21. The fourth-order valence-electron chi connectivity index (χ4n) is 4.56. The second-order valence-corrected chi connectivity index (χ2v) is 10.6. The largest absolute Gasteiger partial charge is 0.366 e. The number of fused-ring (bicyclic) bond motifs is 1. The molecule has 0 spiro atoms. The van der Waals surface area contributed by atoms with Gasteiger partial charge in [-0.3, -0.25) is 4.90 Å². The number of carbonyl (C=O) groups excluding carboxylic acids is 1. The Kier molecular flexibility index (Phi) is 6.44. The highest BCUT2D eigenvalue weighted by atomic mass is 32.2. The van der Waals surface area contributed by atoms with Crippen molar-refractivity contribution in [2.45, 2.75) is 44.6 Å². The topological polar surface area (TPSA) is 73.0 Å². The molecule has 7 nitrogen and oxygen atoms in total. The number of hydrogen-bond acceptors (Lipinski definition) is 4. The van der Waals surface area contributed by atoms with E-state index in [0.29, 0.717) is 44.0 Å². The molecule has 2 aliphatic heterocycles. The molecule has 8 heteroatoms. The second-order valence-electron chi connectivity index (χ2n) is 8.67. The van der Waals surface area contributed by atoms with Crippen LogP contribution in [0.25, 0.3) is 0 Å². The number of amides is 2. The van der Waals surface area contributed by atoms with Gasteiger partial charge >= 0.3 is 6.03 Å². The van der Waals surface area contributed by atoms with Crippen LogP contribution in [0.3, 0.4) is 0 Å². The normalized spacial score (nSPS) is 19.2. The first-order valence-electron chi connectivity index (χ1n) is 11.3. The zero-order valence-electron chi connectivity index (χ0n) is 19.0. The first-order chi connectivity index (χ1) is 15.3. The summed E-state index contributed by atoms with van der Waals surface area (Å²) < 4.78 is 28.4. The van der Waals surface area contributed by atoms with Crippen LogP contribution in [0, 0.1) is 6.92 Å². The zero-order chi connectivity index (χ0) is 22.9. The minimum absolute atomic E-state index is 0.0764. The summed E-state index contributed by atoms with van der Waals surface area (Å²) in [6, 6.07) is 13.4. The number of urea groups is 1. The van der Waals surface area contributed by atoms with Gasteiger partial charge in [0.15, 0.2) is 0 Å². The van der Waals surface area contributed by atoms with Gasteiger partial charge in [0.2, 0.25) is 10.0 Å². The Morgan fingerprint density at radius 2 is 1.94 bits per heavy atom. The molecule has 1 atom stereocenters. The number of piperazine rings is 1. The minimum Gasteiger partial charge on any atom is -0.366 e. The Balaban J connectivity index is 1.49. The van der Waals surface area contributed by atoms with Crippen molar-refractivity contribution in [3.8, 4) is 0 Å². The molecule has 0 aromatic heterocycles. The Hall–Kier alpha value is -2.58. The molecule has 2 amide bonds. The molecule has 2 aromatic carbocycles. The first kappa shape index (κ1) is 22.6. The van der Waals surface area contributed by atoms with Crippen LogP contribution < -0.4 is 15.1 Å². The number of nitrogens with zero attached hydrogens (tertiary/aromatic N) is 3. The van der Waals surface area contributed by atoms with E-state index in [-0.39, 0.29) is 12.1 Å². The van der Waals surface area contributed by atoms with Crippen LogP contribution in [-0.4, -0.2) is 57.5 Å². The van der Waals surface area contributed by atoms with E-state index < -0.39 is 10.0 Å². The Bertz CT molecular complexity index is 1100. The maximum atomic E-state index is 13.4. The molecule has 2 heterocycles. The summed E-state index contributed by atoms with van der Waals surface area (Å²) in [7, 11) is -3.59. The van der Waals surface area contributed by atoms with Gasteiger partial charge in [-0.25, -0.2) is 13.2 Å². The number of hydrogen-bond donors (Lipinski definition) is 1. The van der Waals surface area contributed by atoms with E-state index in [1.165, 1.54) is 5.56 Å². The summed E-state index contributed by atoms with van der Waals surface area (Å²) in [6.07, 6.45) is 1.54. The summed E-state index contributed by atoms with van der Waals surface area (Å²) in [5.41, 5.74) is 4.04. The number of nitrogens with one attached hydrogen (secondary N) is 1. The Labute approximate surface area is 191 Å². The predicted molar refractivity (Wildman–Crippen MR) is 128 cm³/mol. The van der Waals surface area contributed by atoms with Gasteiger partial charge in [-0.15, -0.1) is 0 Å². The standard InChI is InChI=1S/C24H32N4O3S/c1-4-11-25-24(29)28-12-10-20-16-22(8-9-23(20)28)32(30,31)26-13-14-27(19(3)17-26)21-7-5-6-18(2)15-21/h5-9,15-16,19H,4,10-14,17H2,1-3H3,(H,25,29)/t19-/m1/s1. The summed E-state index contributed by atoms with van der Waals surface area (Å²) in [5.74, 6) is 0. The van der Waals surface area contributed by atoms with Crippen LogP contribution in [0.1, 0.15) is 31.4 Å². The van der Waals surface area contributed by atoms with Gasteiger partial charge in [0, 0.05) is 50.1 Å². The molecular formula is C24H32N4O3S. The van der Waals surface area contributed by atoms with Crippen LogP contribution in [-0.2, 0) is 16.4 Å². The molecule has 2 aliphatic rings. The van der Waals surface area contributed by atoms with Gasteiger partial charge in [0.1, 0.15) is 0 Å². The van der Waals surface area contributed by atoms with Crippen molar-refractivity contribution in [2.75, 3.05) is 42.5 Å². The lowest BCUT2D eigenvalue weighted by molar-refractivity contribution is 0.247. The summed E-state index contributed by atoms with van der Waals surface area (Å²) >= 11 is 0. The van der Waals surface area contributed by atoms with Crippen molar-refractivity contribution in [2.24, 2.45) is 0 Å². The van der Waals surface area contributed by atoms with E-state index in [1.807, 2.05) is 13.0 Å². The average Bonchev–Trinajstić information content (AvgIpc) is 3.21. The molecule has 1 saturated heterocycles. The third-order valence-corrected chi connectivity index (χ3v) is 8.14. The van der Waals surface area contributed by atoms with Crippen molar-refractivity contribution in [1.82, 2.24) is 9.62 Å². The van der Waals surface area contributed by atoms with Gasteiger partial charge in [0.05, 0.1) is 4.90 Å². The van der Waals surface area contributed by atoms with Gasteiger partial charge in [-0.2, -0.15) is 4.31 Å². The predicted octanol–water partition coefficient (Wildman–Crippen LogP) is 3.38. The lowest BCUT2D eigenvalue weighted by Crippen LogP contribution is -2.53. The van der Waals surface area contributed by atoms with Crippen molar-refractivity contribution in [1.29, 1.82) is 0 Å². The van der Waals surface area contributed by atoms with E-state index in [2.05, 4.69) is 42.3 Å². The molecular weight excluding hydrogens is 424 g/mol. The van der Waals surface area contributed by atoms with E-state index in [1.54, 1.807) is 27.4 Å². The highest BCUT2D eigenvalue weighted by Crippen LogP contribution is 2.32. The van der Waals surface area contributed by atoms with Crippen LogP contribution >= 0.6 is 0 Å². The number of aryl methyl sites for hydroxylation is 1. The molecule has 2 aromatic rings. The number of sulfonamides is 1. The van der Waals surface area contributed by atoms with E-state index in [4.69, 9.17) is 0 Å². The lowest BCUT2D eigenvalue weighted by Gasteiger charge is -2.40. The maximum Gasteiger partial charge on any atom is 0.321 e. The highest BCUT2D eigenvalue weighted by molar-refractivity contribution is 7.89. The molecule has 0 unspecified atom stereocenters. The van der Waals surface area contributed by atoms with Crippen molar-refractivity contribution < 1.29 is 13.2 Å². The molecule has 172 valence electrons. The molecule has 32 heavy (non-hydrogen) atoms. The van der Waals surface area contributed by atoms with E-state index >= 15 is 0 Å². The number of benzene rings is 2. The van der Waals surface area contributed by atoms with Crippen LogP contribution in [0.15, 0.2) is 47.4 Å². The fraction of sp³-hybridized carbons (Fsp3) is 0.458. The monoisotopic (exact) mass is 456 g/mol. The van der Waals surface area contributed by atoms with Gasteiger partial charge in [-0.1, -0.05) is 19.1 Å². The van der Waals surface area contributed by atoms with Crippen molar-refractivity contribution >= 4 is 27.4 Å². The van der Waals surface area contributed by atoms with Crippen LogP contribution in [0.4, 0.5) is 16.2 Å². The average molecular weight is 457 g/mol. The summed E-state index contributed by atoms with van der Waals surface area (Å²) in [5, 5.41) is 2.89. The molecule has 0 radical (unpaired) electrons. The quantitative estimate of drug-likeness (QED) is 0.749. The third kappa shape index (κ3) is 4.34. The van der Waals surface area contributed by atoms with Crippen molar-refractivity contribution in [3.05, 3.63) is 53.6 Å².